The molecule has 0 fully saturated rings. The van der Waals surface area contributed by atoms with Crippen LogP contribution in [0.2, 0.25) is 5.02 Å². The molecule has 1 heterocycles. The molecule has 1 aromatic heterocycles. The van der Waals surface area contributed by atoms with Crippen LogP contribution in [0.1, 0.15) is 21.5 Å². The Balaban J connectivity index is 2.22. The smallest absolute Gasteiger partial charge is 0.416 e. The van der Waals surface area contributed by atoms with Crippen molar-refractivity contribution in [1.29, 1.82) is 5.26 Å². The van der Waals surface area contributed by atoms with Crippen molar-refractivity contribution < 1.29 is 27.4 Å². The maximum absolute atomic E-state index is 13.0. The van der Waals surface area contributed by atoms with Crippen LogP contribution in [0.15, 0.2) is 48.5 Å². The number of rotatable bonds is 4. The lowest BCUT2D eigenvalue weighted by Gasteiger charge is -2.16. The normalized spacial score (nSPS) is 11.0. The van der Waals surface area contributed by atoms with Gasteiger partial charge in [-0.25, -0.2) is 9.78 Å². The van der Waals surface area contributed by atoms with E-state index in [0.717, 1.165) is 25.3 Å². The highest BCUT2D eigenvalue weighted by atomic mass is 35.5. The molecule has 0 saturated heterocycles. The average molecular weight is 448 g/mol. The maximum atomic E-state index is 13.0. The molecule has 0 amide bonds. The van der Waals surface area contributed by atoms with E-state index in [4.69, 9.17) is 26.8 Å². The molecule has 0 atom stereocenters. The summed E-state index contributed by atoms with van der Waals surface area (Å²) in [5.74, 6) is -1.45. The number of benzene rings is 2. The minimum atomic E-state index is -4.59. The lowest BCUT2D eigenvalue weighted by atomic mass is 10.0. The molecule has 0 spiro atoms. The summed E-state index contributed by atoms with van der Waals surface area (Å²) in [4.78, 5) is 16.6. The summed E-state index contributed by atoms with van der Waals surface area (Å²) in [6, 6.07) is 12.1. The van der Waals surface area contributed by atoms with E-state index in [-0.39, 0.29) is 34.1 Å². The Kier molecular flexibility index (Phi) is 6.04. The molecule has 0 unspecified atom stereocenters. The number of halogens is 4. The van der Waals surface area contributed by atoms with Gasteiger partial charge in [0.15, 0.2) is 0 Å². The summed E-state index contributed by atoms with van der Waals surface area (Å²) in [6.45, 7) is 0. The summed E-state index contributed by atoms with van der Waals surface area (Å²) < 4.78 is 49.3. The third-order valence-corrected chi connectivity index (χ3v) is 4.41. The molecule has 0 saturated carbocycles. The highest BCUT2D eigenvalue weighted by Gasteiger charge is 2.31. The van der Waals surface area contributed by atoms with Crippen molar-refractivity contribution >= 4 is 23.3 Å². The summed E-state index contributed by atoms with van der Waals surface area (Å²) in [6.07, 6.45) is -4.59. The Hall–Kier alpha value is -3.77. The molecular formula is C21H13ClF3N3O3. The highest BCUT2D eigenvalue weighted by Crippen LogP contribution is 2.38. The fourth-order valence-electron chi connectivity index (χ4n) is 2.76. The number of hydrogen-bond acceptors (Lipinski definition) is 6. The molecule has 0 aliphatic rings. The first-order chi connectivity index (χ1) is 14.7. The number of ether oxygens (including phenoxy) is 2. The predicted octanol–water partition coefficient (Wildman–Crippen LogP) is 5.45. The van der Waals surface area contributed by atoms with Crippen molar-refractivity contribution in [2.24, 2.45) is 0 Å². The molecule has 158 valence electrons. The van der Waals surface area contributed by atoms with E-state index in [9.17, 15) is 23.2 Å². The van der Waals surface area contributed by atoms with Crippen LogP contribution in [-0.2, 0) is 10.9 Å². The number of pyridine rings is 1. The summed E-state index contributed by atoms with van der Waals surface area (Å²) in [7, 11) is 1.13. The Morgan fingerprint density at radius 3 is 2.52 bits per heavy atom. The van der Waals surface area contributed by atoms with E-state index in [2.05, 4.69) is 4.98 Å². The number of carbonyl (C=O) groups is 1. The van der Waals surface area contributed by atoms with Gasteiger partial charge < -0.3 is 15.2 Å². The third-order valence-electron chi connectivity index (χ3n) is 4.18. The Labute approximate surface area is 179 Å². The van der Waals surface area contributed by atoms with Crippen LogP contribution < -0.4 is 10.5 Å². The van der Waals surface area contributed by atoms with E-state index in [0.29, 0.717) is 10.6 Å². The van der Waals surface area contributed by atoms with Gasteiger partial charge in [0.2, 0.25) is 5.88 Å². The lowest BCUT2D eigenvalue weighted by molar-refractivity contribution is -0.137. The van der Waals surface area contributed by atoms with Gasteiger partial charge in [-0.3, -0.25) is 0 Å². The second kappa shape index (κ2) is 8.53. The maximum Gasteiger partial charge on any atom is 0.416 e. The molecule has 0 aliphatic heterocycles. The van der Waals surface area contributed by atoms with Crippen LogP contribution >= 0.6 is 11.6 Å². The number of nitrogens with zero attached hydrogens (tertiary/aromatic N) is 2. The van der Waals surface area contributed by atoms with Crippen LogP contribution in [0, 0.1) is 11.3 Å². The number of alkyl halides is 3. The summed E-state index contributed by atoms with van der Waals surface area (Å²) >= 11 is 6.02. The van der Waals surface area contributed by atoms with E-state index in [1.807, 2.05) is 0 Å². The number of hydrogen-bond donors (Lipinski definition) is 1. The average Bonchev–Trinajstić information content (AvgIpc) is 2.72. The number of nitrogen functional groups attached to an aromatic ring is 1. The lowest BCUT2D eigenvalue weighted by Crippen LogP contribution is -2.12. The van der Waals surface area contributed by atoms with Crippen molar-refractivity contribution in [2.45, 2.75) is 6.18 Å². The standard InChI is InChI=1S/C21H13ClF3N3O3/c1-30-20(29)16-17(27)15(10-26)19(28-18(16)11-4-2-6-13(22)8-11)31-14-7-3-5-12(9-14)21(23,24)25/h2-9H,1H3,(H2,27,28). The number of esters is 1. The van der Waals surface area contributed by atoms with Crippen molar-refractivity contribution in [3.05, 3.63) is 70.2 Å². The summed E-state index contributed by atoms with van der Waals surface area (Å²) in [5.41, 5.74) is 4.63. The minimum absolute atomic E-state index is 0.00664. The van der Waals surface area contributed by atoms with Crippen LogP contribution in [0.5, 0.6) is 11.6 Å². The van der Waals surface area contributed by atoms with Gasteiger partial charge in [0, 0.05) is 10.6 Å². The fourth-order valence-corrected chi connectivity index (χ4v) is 2.95. The number of nitrogens with two attached hydrogens (primary N) is 1. The van der Waals surface area contributed by atoms with Gasteiger partial charge in [0.05, 0.1) is 24.1 Å². The first-order valence-corrected chi connectivity index (χ1v) is 8.96. The zero-order valence-corrected chi connectivity index (χ0v) is 16.6. The zero-order chi connectivity index (χ0) is 22.8. The Morgan fingerprint density at radius 2 is 1.90 bits per heavy atom. The van der Waals surface area contributed by atoms with E-state index < -0.39 is 17.7 Å². The minimum Gasteiger partial charge on any atom is -0.465 e. The third kappa shape index (κ3) is 4.54. The molecule has 0 aliphatic carbocycles. The van der Waals surface area contributed by atoms with Crippen molar-refractivity contribution in [2.75, 3.05) is 12.8 Å². The molecule has 10 heteroatoms. The van der Waals surface area contributed by atoms with Gasteiger partial charge in [0.1, 0.15) is 22.9 Å². The number of methoxy groups -OCH3 is 1. The first-order valence-electron chi connectivity index (χ1n) is 8.58. The predicted molar refractivity (Wildman–Crippen MR) is 107 cm³/mol. The van der Waals surface area contributed by atoms with Crippen molar-refractivity contribution in [1.82, 2.24) is 4.98 Å². The van der Waals surface area contributed by atoms with Gasteiger partial charge in [0.25, 0.3) is 0 Å². The van der Waals surface area contributed by atoms with Crippen LogP contribution in [0.25, 0.3) is 11.3 Å². The number of carbonyl (C=O) groups excluding carboxylic acids is 1. The van der Waals surface area contributed by atoms with Gasteiger partial charge in [-0.2, -0.15) is 18.4 Å². The van der Waals surface area contributed by atoms with E-state index in [1.165, 1.54) is 12.1 Å². The monoisotopic (exact) mass is 447 g/mol. The fraction of sp³-hybridized carbons (Fsp3) is 0.0952. The highest BCUT2D eigenvalue weighted by molar-refractivity contribution is 6.30. The van der Waals surface area contributed by atoms with Crippen molar-refractivity contribution in [3.63, 3.8) is 0 Å². The van der Waals surface area contributed by atoms with Gasteiger partial charge >= 0.3 is 12.1 Å². The SMILES string of the molecule is COC(=O)c1c(-c2cccc(Cl)c2)nc(Oc2cccc(C(F)(F)F)c2)c(C#N)c1N. The second-order valence-corrected chi connectivity index (χ2v) is 6.61. The molecule has 0 bridgehead atoms. The molecule has 31 heavy (non-hydrogen) atoms. The zero-order valence-electron chi connectivity index (χ0n) is 15.8. The molecule has 0 radical (unpaired) electrons. The van der Waals surface area contributed by atoms with Crippen LogP contribution in [-0.4, -0.2) is 18.1 Å². The van der Waals surface area contributed by atoms with Crippen molar-refractivity contribution in [3.8, 4) is 29.0 Å². The van der Waals surface area contributed by atoms with Gasteiger partial charge in [-0.15, -0.1) is 0 Å². The topological polar surface area (TPSA) is 98.2 Å². The van der Waals surface area contributed by atoms with Gasteiger partial charge in [-0.1, -0.05) is 29.8 Å². The molecule has 3 aromatic rings. The second-order valence-electron chi connectivity index (χ2n) is 6.17. The van der Waals surface area contributed by atoms with Crippen LogP contribution in [0.3, 0.4) is 0 Å². The largest absolute Gasteiger partial charge is 0.465 e. The van der Waals surface area contributed by atoms with Crippen LogP contribution in [0.4, 0.5) is 18.9 Å². The number of anilines is 1. The van der Waals surface area contributed by atoms with E-state index in [1.54, 1.807) is 24.3 Å². The summed E-state index contributed by atoms with van der Waals surface area (Å²) in [5, 5.41) is 9.87. The quantitative estimate of drug-likeness (QED) is 0.534. The number of aromatic nitrogens is 1. The number of nitriles is 1. The Morgan fingerprint density at radius 1 is 1.19 bits per heavy atom. The molecule has 2 aromatic carbocycles. The van der Waals surface area contributed by atoms with E-state index >= 15 is 0 Å². The molecule has 2 N–H and O–H groups in total. The van der Waals surface area contributed by atoms with Gasteiger partial charge in [-0.05, 0) is 30.3 Å². The first kappa shape index (κ1) is 21.9. The molecule has 3 rings (SSSR count). The molecule has 6 nitrogen and oxygen atoms in total. The molecular weight excluding hydrogens is 435 g/mol. The Bertz CT molecular complexity index is 1210.